The zero-order valence-corrected chi connectivity index (χ0v) is 69.9. The van der Waals surface area contributed by atoms with E-state index in [4.69, 9.17) is 32.9 Å². The summed E-state index contributed by atoms with van der Waals surface area (Å²) in [6.45, 7) is 21.0. The third-order valence-electron chi connectivity index (χ3n) is 20.3. The number of carbonyl (C=O) groups excluding carboxylic acids is 6. The Morgan fingerprint density at radius 3 is 1.02 bits per heavy atom. The van der Waals surface area contributed by atoms with Gasteiger partial charge in [0.05, 0.1) is 45.1 Å². The molecule has 1 rings (SSSR count). The number of rotatable bonds is 73. The summed E-state index contributed by atoms with van der Waals surface area (Å²) >= 11 is 0. The van der Waals surface area contributed by atoms with Gasteiger partial charge in [-0.3, -0.25) is 33.3 Å². The van der Waals surface area contributed by atoms with Crippen molar-refractivity contribution < 1.29 is 86.3 Å². The van der Waals surface area contributed by atoms with Crippen LogP contribution in [0, 0.1) is 0 Å². The maximum absolute atomic E-state index is 14.8. The lowest BCUT2D eigenvalue weighted by atomic mass is 9.95. The number of phosphoric acid groups is 1. The number of hydrogen-bond acceptors (Lipinski definition) is 17. The molecular formula is C84H162N3O18P. The van der Waals surface area contributed by atoms with E-state index in [1.165, 1.54) is 71.0 Å². The molecule has 0 bridgehead atoms. The van der Waals surface area contributed by atoms with E-state index in [0.717, 1.165) is 205 Å². The van der Waals surface area contributed by atoms with Crippen LogP contribution in [0.25, 0.3) is 0 Å². The molecule has 22 heteroatoms. The molecule has 0 aromatic rings. The van der Waals surface area contributed by atoms with Gasteiger partial charge in [-0.1, -0.05) is 313 Å². The van der Waals surface area contributed by atoms with Crippen LogP contribution < -0.4 is 10.6 Å². The first-order chi connectivity index (χ1) is 51.3. The number of nitrogens with one attached hydrogen (secondary N) is 2. The largest absolute Gasteiger partial charge is 0.470 e. The summed E-state index contributed by atoms with van der Waals surface area (Å²) in [5, 5.41) is 27.4. The second-order valence-corrected chi connectivity index (χ2v) is 31.3. The van der Waals surface area contributed by atoms with Crippen molar-refractivity contribution in [2.24, 2.45) is 0 Å². The van der Waals surface area contributed by atoms with Crippen LogP contribution in [0.1, 0.15) is 409 Å². The lowest BCUT2D eigenvalue weighted by Crippen LogP contribution is -2.66. The second-order valence-electron chi connectivity index (χ2n) is 30.1. The quantitative estimate of drug-likeness (QED) is 0.0143. The number of aliphatic hydroxyl groups is 2. The second kappa shape index (κ2) is 72.0. The molecule has 626 valence electrons. The van der Waals surface area contributed by atoms with Gasteiger partial charge in [0.15, 0.2) is 12.4 Å². The summed E-state index contributed by atoms with van der Waals surface area (Å²) in [7, 11) is -5.51. The number of phosphoric ester groups is 1. The number of nitrogens with zero attached hydrogens (tertiary/aromatic N) is 1. The van der Waals surface area contributed by atoms with Crippen molar-refractivity contribution in [2.75, 3.05) is 39.5 Å². The molecule has 0 saturated carbocycles. The van der Waals surface area contributed by atoms with Crippen molar-refractivity contribution >= 4 is 43.5 Å². The average molecular weight is 1530 g/mol. The highest BCUT2D eigenvalue weighted by Gasteiger charge is 2.52. The lowest BCUT2D eigenvalue weighted by molar-refractivity contribution is -0.272. The van der Waals surface area contributed by atoms with Crippen LogP contribution in [0.5, 0.6) is 0 Å². The minimum atomic E-state index is -5.51. The van der Waals surface area contributed by atoms with Crippen molar-refractivity contribution in [1.82, 2.24) is 15.5 Å². The highest BCUT2D eigenvalue weighted by atomic mass is 31.2. The Kier molecular flexibility index (Phi) is 69.8. The molecule has 6 N–H and O–H groups in total. The fourth-order valence-electron chi connectivity index (χ4n) is 13.7. The Labute approximate surface area is 645 Å². The van der Waals surface area contributed by atoms with Gasteiger partial charge < -0.3 is 64.0 Å². The van der Waals surface area contributed by atoms with Crippen LogP contribution in [0.3, 0.4) is 0 Å². The Morgan fingerprint density at radius 1 is 0.406 bits per heavy atom. The van der Waals surface area contributed by atoms with E-state index < -0.39 is 119 Å². The minimum Gasteiger partial charge on any atom is -0.462 e. The number of amides is 2. The Bertz CT molecular complexity index is 2130. The van der Waals surface area contributed by atoms with Gasteiger partial charge in [0, 0.05) is 19.3 Å². The predicted molar refractivity (Wildman–Crippen MR) is 426 cm³/mol. The number of aliphatic hydroxyl groups excluding tert-OH is 2. The molecule has 1 saturated heterocycles. The van der Waals surface area contributed by atoms with Crippen LogP contribution in [0.2, 0.25) is 0 Å². The van der Waals surface area contributed by atoms with E-state index in [1.54, 1.807) is 0 Å². The Morgan fingerprint density at radius 2 is 0.717 bits per heavy atom. The highest BCUT2D eigenvalue weighted by Crippen LogP contribution is 2.42. The third kappa shape index (κ3) is 59.5. The average Bonchev–Trinajstić information content (AvgIpc) is 0.780. The molecule has 9 atom stereocenters. The maximum Gasteiger partial charge on any atom is 0.470 e. The summed E-state index contributed by atoms with van der Waals surface area (Å²) < 4.78 is 55.1. The molecule has 106 heavy (non-hydrogen) atoms. The predicted octanol–water partition coefficient (Wildman–Crippen LogP) is 19.3. The van der Waals surface area contributed by atoms with Crippen molar-refractivity contribution in [1.29, 1.82) is 0 Å². The summed E-state index contributed by atoms with van der Waals surface area (Å²) in [4.78, 5) is 107. The molecule has 0 aliphatic carbocycles. The van der Waals surface area contributed by atoms with Crippen LogP contribution in [0.4, 0.5) is 0 Å². The molecule has 2 amide bonds. The zero-order chi connectivity index (χ0) is 78.5. The standard InChI is InChI=1S/C78H147N2O18P.C6H15N/c1-7-13-19-25-31-34-37-40-46-52-65(93-71(85)55-49-43-28-22-16-10-4)58-69(83)79-64(61-81)63-92-78-75(80-70(84)59-66(53-47-41-38-35-32-26-20-14-8-2)94-72(86)56-50-44-29-23-17-11-5)77(76(68(62-82)96-78)98-99(89,90)91)97-74(88)60-67(54-48-42-39-36-33-27-21-15-9-3)95-73(87)57-51-45-30-24-18-12-6;1-4-7(5-2)6-3/h64-68,75-78,81-82H,7-63H2,1-6H3,(H,79,83)(H,80,84)(H2,89,90,91);4-6H2,1-3H3/t64-,65+,66+,67+,68+,75+,76+,77+,78+;/m0./s1. The van der Waals surface area contributed by atoms with E-state index in [-0.39, 0.29) is 38.1 Å². The van der Waals surface area contributed by atoms with E-state index in [2.05, 4.69) is 77.8 Å². The van der Waals surface area contributed by atoms with E-state index >= 15 is 0 Å². The molecule has 21 nitrogen and oxygen atoms in total. The van der Waals surface area contributed by atoms with Gasteiger partial charge in [-0.2, -0.15) is 0 Å². The van der Waals surface area contributed by atoms with Crippen LogP contribution >= 0.6 is 7.82 Å². The molecule has 0 spiro atoms. The smallest absolute Gasteiger partial charge is 0.462 e. The monoisotopic (exact) mass is 1530 g/mol. The van der Waals surface area contributed by atoms with Crippen LogP contribution in [-0.4, -0.2) is 155 Å². The van der Waals surface area contributed by atoms with Gasteiger partial charge in [0.1, 0.15) is 36.6 Å². The van der Waals surface area contributed by atoms with Gasteiger partial charge in [-0.15, -0.1) is 0 Å². The number of carbonyl (C=O) groups is 6. The molecule has 1 fully saturated rings. The number of hydrogen-bond donors (Lipinski definition) is 6. The van der Waals surface area contributed by atoms with Crippen molar-refractivity contribution in [2.45, 2.75) is 464 Å². The number of esters is 4. The summed E-state index contributed by atoms with van der Waals surface area (Å²) in [5.74, 6) is -3.53. The normalized spacial score (nSPS) is 17.1. The summed E-state index contributed by atoms with van der Waals surface area (Å²) in [6, 6.07) is -2.80. The van der Waals surface area contributed by atoms with Crippen molar-refractivity contribution in [3.05, 3.63) is 0 Å². The molecule has 0 aromatic carbocycles. The first-order valence-electron chi connectivity index (χ1n) is 43.6. The SMILES string of the molecule is CCCCCCCCCCC[C@H](CC(=O)N[C@@H](CO)CO[C@@H]1O[C@H](CO)[C@@H](OP(=O)(O)O)[C@H](OC(=O)C[C@@H](CCCCCCCCCCC)OC(=O)CCCCCCCC)[C@H]1NC(=O)C[C@@H](CCCCCCCCCCC)OC(=O)CCCCCCCC)OC(=O)CCCCCCCC.CCN(CC)CC. The first-order valence-corrected chi connectivity index (χ1v) is 45.2. The molecule has 0 aromatic heterocycles. The zero-order valence-electron chi connectivity index (χ0n) is 69.0. The molecule has 0 unspecified atom stereocenters. The number of ether oxygens (including phenoxy) is 6. The highest BCUT2D eigenvalue weighted by molar-refractivity contribution is 7.46. The maximum atomic E-state index is 14.8. The molecule has 1 aliphatic heterocycles. The summed E-state index contributed by atoms with van der Waals surface area (Å²) in [5.41, 5.74) is 0. The molecular weight excluding hydrogens is 1370 g/mol. The molecule has 1 aliphatic rings. The lowest BCUT2D eigenvalue weighted by Gasteiger charge is -2.45. The Balaban J connectivity index is 0.0000149. The van der Waals surface area contributed by atoms with Gasteiger partial charge in [0.25, 0.3) is 0 Å². The number of unbranched alkanes of at least 4 members (excludes halogenated alkanes) is 39. The van der Waals surface area contributed by atoms with Crippen LogP contribution in [-0.2, 0) is 66.3 Å². The molecule has 0 radical (unpaired) electrons. The topological polar surface area (TPSA) is 292 Å². The first kappa shape index (κ1) is 103. The fourth-order valence-corrected chi connectivity index (χ4v) is 14.2. The van der Waals surface area contributed by atoms with E-state index in [1.807, 2.05) is 0 Å². The van der Waals surface area contributed by atoms with E-state index in [0.29, 0.717) is 51.4 Å². The third-order valence-corrected chi connectivity index (χ3v) is 20.8. The fraction of sp³-hybridized carbons (Fsp3) is 0.929. The molecule has 1 heterocycles. The van der Waals surface area contributed by atoms with Gasteiger partial charge in [-0.05, 0) is 77.4 Å². The van der Waals surface area contributed by atoms with Crippen LogP contribution in [0.15, 0.2) is 0 Å². The van der Waals surface area contributed by atoms with Gasteiger partial charge >= 0.3 is 31.7 Å². The van der Waals surface area contributed by atoms with Gasteiger partial charge in [0.2, 0.25) is 11.8 Å². The summed E-state index contributed by atoms with van der Waals surface area (Å²) in [6.07, 6.45) is 36.7. The van der Waals surface area contributed by atoms with E-state index in [9.17, 15) is 53.3 Å². The minimum absolute atomic E-state index is 0.148. The van der Waals surface area contributed by atoms with Gasteiger partial charge in [-0.25, -0.2) is 4.57 Å². The Hall–Kier alpha value is -3.27. The van der Waals surface area contributed by atoms with Crippen molar-refractivity contribution in [3.8, 4) is 0 Å². The van der Waals surface area contributed by atoms with Crippen molar-refractivity contribution in [3.63, 3.8) is 0 Å².